The van der Waals surface area contributed by atoms with Crippen molar-refractivity contribution >= 4 is 12.6 Å². The number of ether oxygens (including phenoxy) is 5. The Balaban J connectivity index is 1.86. The molecule has 0 N–H and O–H groups in total. The largest absolute Gasteiger partial charge is 0.343 e. The van der Waals surface area contributed by atoms with Gasteiger partial charge in [-0.05, 0) is 27.7 Å². The van der Waals surface area contributed by atoms with Gasteiger partial charge >= 0.3 is 0 Å². The van der Waals surface area contributed by atoms with E-state index in [-0.39, 0.29) is 24.4 Å². The Kier molecular flexibility index (Phi) is 2.97. The summed E-state index contributed by atoms with van der Waals surface area (Å²) in [5, 5.41) is 0. The molecule has 5 nitrogen and oxygen atoms in total. The summed E-state index contributed by atoms with van der Waals surface area (Å²) in [6.45, 7) is 7.55. The van der Waals surface area contributed by atoms with Gasteiger partial charge in [-0.25, -0.2) is 0 Å². The van der Waals surface area contributed by atoms with Gasteiger partial charge in [0.1, 0.15) is 18.3 Å². The lowest BCUT2D eigenvalue weighted by molar-refractivity contribution is -0.228. The van der Waals surface area contributed by atoms with E-state index in [4.69, 9.17) is 23.7 Å². The topological polar surface area (TPSA) is 46.2 Å². The summed E-state index contributed by atoms with van der Waals surface area (Å²) in [6, 6.07) is 0. The molecular formula is C12H20O5S. The third kappa shape index (κ3) is 2.09. The molecule has 0 saturated carbocycles. The van der Waals surface area contributed by atoms with Crippen LogP contribution in [0.25, 0.3) is 0 Å². The van der Waals surface area contributed by atoms with E-state index in [1.165, 1.54) is 0 Å². The lowest BCUT2D eigenvalue weighted by Crippen LogP contribution is -2.55. The first-order valence-corrected chi connectivity index (χ1v) is 6.92. The fraction of sp³-hybridized carbons (Fsp3) is 1.00. The molecule has 0 radical (unpaired) electrons. The molecule has 0 aromatic rings. The van der Waals surface area contributed by atoms with Crippen LogP contribution in [0.5, 0.6) is 0 Å². The number of thiol groups is 1. The van der Waals surface area contributed by atoms with Crippen LogP contribution in [0.2, 0.25) is 0 Å². The van der Waals surface area contributed by atoms with Crippen LogP contribution in [0.3, 0.4) is 0 Å². The van der Waals surface area contributed by atoms with Crippen LogP contribution in [0, 0.1) is 0 Å². The molecule has 0 aliphatic carbocycles. The molecule has 0 spiro atoms. The van der Waals surface area contributed by atoms with E-state index in [2.05, 4.69) is 12.6 Å². The maximum absolute atomic E-state index is 5.95. The molecule has 0 aromatic carbocycles. The van der Waals surface area contributed by atoms with E-state index in [9.17, 15) is 0 Å². The third-order valence-electron chi connectivity index (χ3n) is 3.43. The van der Waals surface area contributed by atoms with Crippen molar-refractivity contribution in [1.82, 2.24) is 0 Å². The van der Waals surface area contributed by atoms with Gasteiger partial charge in [0.2, 0.25) is 0 Å². The van der Waals surface area contributed by atoms with Crippen LogP contribution in [-0.2, 0) is 23.7 Å². The van der Waals surface area contributed by atoms with Crippen molar-refractivity contribution in [3.8, 4) is 0 Å². The summed E-state index contributed by atoms with van der Waals surface area (Å²) in [5.41, 5.74) is 0. The van der Waals surface area contributed by atoms with Crippen LogP contribution in [0.1, 0.15) is 27.7 Å². The summed E-state index contributed by atoms with van der Waals surface area (Å²) in [7, 11) is 0. The Hall–Kier alpha value is 0.150. The first-order valence-electron chi connectivity index (χ1n) is 6.29. The van der Waals surface area contributed by atoms with Gasteiger partial charge in [-0.15, -0.1) is 0 Å². The minimum absolute atomic E-state index is 0.140. The van der Waals surface area contributed by atoms with Crippen molar-refractivity contribution in [3.63, 3.8) is 0 Å². The summed E-state index contributed by atoms with van der Waals surface area (Å²) < 4.78 is 29.3. The minimum atomic E-state index is -0.651. The molecule has 0 amide bonds. The summed E-state index contributed by atoms with van der Waals surface area (Å²) >= 11 is 4.32. The Morgan fingerprint density at radius 2 is 1.39 bits per heavy atom. The molecule has 3 heterocycles. The van der Waals surface area contributed by atoms with Crippen molar-refractivity contribution in [2.75, 3.05) is 5.75 Å². The van der Waals surface area contributed by atoms with E-state index < -0.39 is 17.9 Å². The number of hydrogen-bond acceptors (Lipinski definition) is 6. The van der Waals surface area contributed by atoms with Gasteiger partial charge in [0.25, 0.3) is 0 Å². The number of hydrogen-bond donors (Lipinski definition) is 1. The van der Waals surface area contributed by atoms with Gasteiger partial charge in [0, 0.05) is 5.75 Å². The minimum Gasteiger partial charge on any atom is -0.343 e. The first-order chi connectivity index (χ1) is 8.31. The molecule has 18 heavy (non-hydrogen) atoms. The molecular weight excluding hydrogens is 256 g/mol. The van der Waals surface area contributed by atoms with Gasteiger partial charge in [-0.1, -0.05) is 0 Å². The van der Waals surface area contributed by atoms with E-state index in [1.807, 2.05) is 27.7 Å². The molecule has 0 aromatic heterocycles. The Morgan fingerprint density at radius 3 is 2.06 bits per heavy atom. The Morgan fingerprint density at radius 1 is 0.833 bits per heavy atom. The predicted molar refractivity (Wildman–Crippen MR) is 66.4 cm³/mol. The second-order valence-electron chi connectivity index (χ2n) is 5.89. The predicted octanol–water partition coefficient (Wildman–Crippen LogP) is 1.31. The Labute approximate surface area is 112 Å². The molecule has 3 fully saturated rings. The zero-order chi connectivity index (χ0) is 13.1. The second kappa shape index (κ2) is 4.07. The van der Waals surface area contributed by atoms with Crippen molar-refractivity contribution in [3.05, 3.63) is 0 Å². The average Bonchev–Trinajstić information content (AvgIpc) is 2.71. The first kappa shape index (κ1) is 13.1. The maximum atomic E-state index is 5.95. The van der Waals surface area contributed by atoms with Crippen molar-refractivity contribution in [2.24, 2.45) is 0 Å². The highest BCUT2D eigenvalue weighted by Gasteiger charge is 2.60. The molecule has 3 aliphatic heterocycles. The molecule has 3 unspecified atom stereocenters. The van der Waals surface area contributed by atoms with E-state index >= 15 is 0 Å². The highest BCUT2D eigenvalue weighted by molar-refractivity contribution is 7.80. The van der Waals surface area contributed by atoms with E-state index in [1.54, 1.807) is 0 Å². The summed E-state index contributed by atoms with van der Waals surface area (Å²) in [6.07, 6.45) is -1.12. The van der Waals surface area contributed by atoms with Gasteiger partial charge in [0.15, 0.2) is 17.9 Å². The van der Waals surface area contributed by atoms with Gasteiger partial charge in [-0.3, -0.25) is 0 Å². The highest BCUT2D eigenvalue weighted by Crippen LogP contribution is 2.44. The van der Waals surface area contributed by atoms with Gasteiger partial charge < -0.3 is 23.7 Å². The second-order valence-corrected chi connectivity index (χ2v) is 6.26. The monoisotopic (exact) mass is 276 g/mol. The van der Waals surface area contributed by atoms with Gasteiger partial charge in [-0.2, -0.15) is 12.6 Å². The quantitative estimate of drug-likeness (QED) is 0.732. The van der Waals surface area contributed by atoms with Crippen LogP contribution in [0.15, 0.2) is 0 Å². The smallest absolute Gasteiger partial charge is 0.190 e. The van der Waals surface area contributed by atoms with E-state index in [0.717, 1.165) is 0 Å². The third-order valence-corrected chi connectivity index (χ3v) is 3.79. The number of rotatable bonds is 1. The number of fused-ring (bicyclic) bond motifs is 3. The lowest BCUT2D eigenvalue weighted by Gasteiger charge is -2.36. The van der Waals surface area contributed by atoms with Crippen LogP contribution < -0.4 is 0 Å². The molecule has 3 rings (SSSR count). The standard InChI is InChI=1S/C12H20O5S/c1-11(2)14-7-6(5-18)13-10-9(8(7)15-11)16-12(3,4)17-10/h6-10,18H,5H2,1-4H3/t6?,7?,8?,9-,10-/m1/s1. The van der Waals surface area contributed by atoms with E-state index in [0.29, 0.717) is 5.75 Å². The zero-order valence-electron chi connectivity index (χ0n) is 11.1. The van der Waals surface area contributed by atoms with Gasteiger partial charge in [0.05, 0.1) is 6.10 Å². The SMILES string of the molecule is CC1(C)OC2C(CS)O[C@@H]3OC(C)(C)O[C@@H]3C2O1. The molecule has 0 bridgehead atoms. The fourth-order valence-electron chi connectivity index (χ4n) is 2.84. The van der Waals surface area contributed by atoms with Crippen molar-refractivity contribution < 1.29 is 23.7 Å². The molecule has 3 saturated heterocycles. The summed E-state index contributed by atoms with van der Waals surface area (Å²) in [5.74, 6) is -0.708. The van der Waals surface area contributed by atoms with Crippen LogP contribution in [0.4, 0.5) is 0 Å². The molecule has 104 valence electrons. The average molecular weight is 276 g/mol. The molecule has 5 atom stereocenters. The van der Waals surface area contributed by atoms with Crippen LogP contribution in [-0.4, -0.2) is 48.0 Å². The maximum Gasteiger partial charge on any atom is 0.190 e. The Bertz CT molecular complexity index is 345. The zero-order valence-corrected chi connectivity index (χ0v) is 12.0. The van der Waals surface area contributed by atoms with Crippen molar-refractivity contribution in [1.29, 1.82) is 0 Å². The molecule has 6 heteroatoms. The fourth-order valence-corrected chi connectivity index (χ4v) is 3.13. The lowest BCUT2D eigenvalue weighted by atomic mass is 10.00. The van der Waals surface area contributed by atoms with Crippen LogP contribution >= 0.6 is 12.6 Å². The summed E-state index contributed by atoms with van der Waals surface area (Å²) in [4.78, 5) is 0. The highest BCUT2D eigenvalue weighted by atomic mass is 32.1. The normalized spacial score (nSPS) is 48.8. The molecule has 3 aliphatic rings. The van der Waals surface area contributed by atoms with Crippen molar-refractivity contribution in [2.45, 2.75) is 70.0 Å².